The van der Waals surface area contributed by atoms with E-state index in [4.69, 9.17) is 16.3 Å². The summed E-state index contributed by atoms with van der Waals surface area (Å²) in [5, 5.41) is 0.640. The summed E-state index contributed by atoms with van der Waals surface area (Å²) in [5.41, 5.74) is 0. The smallest absolute Gasteiger partial charge is 0.310 e. The molecule has 1 aromatic carbocycles. The lowest BCUT2D eigenvalue weighted by Gasteiger charge is -2.04. The fourth-order valence-electron chi connectivity index (χ4n) is 0.753. The fraction of sp³-hybridized carbons (Fsp3) is 0.222. The minimum Gasteiger partial charge on any atom is -0.425 e. The molecule has 13 heavy (non-hydrogen) atoms. The lowest BCUT2D eigenvalue weighted by Crippen LogP contribution is -2.06. The van der Waals surface area contributed by atoms with Gasteiger partial charge in [0.15, 0.2) is 0 Å². The second-order valence-electron chi connectivity index (χ2n) is 2.40. The number of esters is 1. The van der Waals surface area contributed by atoms with Gasteiger partial charge >= 0.3 is 5.97 Å². The van der Waals surface area contributed by atoms with Gasteiger partial charge in [0.05, 0.1) is 3.57 Å². The highest BCUT2D eigenvalue weighted by Crippen LogP contribution is 2.24. The van der Waals surface area contributed by atoms with Crippen LogP contribution in [0.4, 0.5) is 0 Å². The summed E-state index contributed by atoms with van der Waals surface area (Å²) >= 11 is 7.82. The van der Waals surface area contributed by atoms with Crippen LogP contribution in [0.15, 0.2) is 18.2 Å². The highest BCUT2D eigenvalue weighted by Gasteiger charge is 2.05. The molecule has 2 nitrogen and oxygen atoms in total. The van der Waals surface area contributed by atoms with Crippen molar-refractivity contribution in [3.63, 3.8) is 0 Å². The van der Waals surface area contributed by atoms with Crippen LogP contribution in [-0.2, 0) is 4.79 Å². The average Bonchev–Trinajstić information content (AvgIpc) is 2.09. The molecule has 4 heteroatoms. The highest BCUT2D eigenvalue weighted by molar-refractivity contribution is 14.1. The first-order chi connectivity index (χ1) is 6.13. The predicted octanol–water partition coefficient (Wildman–Crippen LogP) is 3.26. The Labute approximate surface area is 95.4 Å². The van der Waals surface area contributed by atoms with Crippen LogP contribution in [0.1, 0.15) is 13.3 Å². The van der Waals surface area contributed by atoms with Gasteiger partial charge < -0.3 is 4.74 Å². The Morgan fingerprint density at radius 3 is 2.85 bits per heavy atom. The molecule has 0 aliphatic rings. The number of hydrogen-bond acceptors (Lipinski definition) is 2. The lowest BCUT2D eigenvalue weighted by molar-refractivity contribution is -0.134. The van der Waals surface area contributed by atoms with E-state index in [1.165, 1.54) is 0 Å². The van der Waals surface area contributed by atoms with Gasteiger partial charge in [-0.15, -0.1) is 0 Å². The van der Waals surface area contributed by atoms with Gasteiger partial charge in [-0.2, -0.15) is 0 Å². The van der Waals surface area contributed by atoms with Crippen molar-refractivity contribution < 1.29 is 9.53 Å². The van der Waals surface area contributed by atoms with Gasteiger partial charge in [-0.25, -0.2) is 0 Å². The van der Waals surface area contributed by atoms with E-state index in [1.807, 2.05) is 0 Å². The molecule has 70 valence electrons. The number of carbonyl (C=O) groups excluding carboxylic acids is 1. The van der Waals surface area contributed by atoms with Crippen molar-refractivity contribution in [3.8, 4) is 5.75 Å². The normalized spacial score (nSPS) is 9.77. The van der Waals surface area contributed by atoms with E-state index in [2.05, 4.69) is 22.6 Å². The Balaban J connectivity index is 2.83. The van der Waals surface area contributed by atoms with Gasteiger partial charge in [0.25, 0.3) is 0 Å². The van der Waals surface area contributed by atoms with Crippen molar-refractivity contribution >= 4 is 40.2 Å². The van der Waals surface area contributed by atoms with Crippen LogP contribution in [0.5, 0.6) is 5.75 Å². The number of rotatable bonds is 2. The molecule has 0 fully saturated rings. The summed E-state index contributed by atoms with van der Waals surface area (Å²) in [4.78, 5) is 11.0. The highest BCUT2D eigenvalue weighted by atomic mass is 127. The van der Waals surface area contributed by atoms with Crippen LogP contribution in [0.2, 0.25) is 5.02 Å². The first kappa shape index (κ1) is 10.8. The molecule has 0 bridgehead atoms. The quantitative estimate of drug-likeness (QED) is 0.476. The SMILES string of the molecule is CCC(=O)Oc1ccc(Cl)cc1I. The molecule has 0 saturated heterocycles. The van der Waals surface area contributed by atoms with Crippen LogP contribution in [0.3, 0.4) is 0 Å². The molecule has 0 aromatic heterocycles. The van der Waals surface area contributed by atoms with E-state index in [1.54, 1.807) is 25.1 Å². The van der Waals surface area contributed by atoms with Crippen molar-refractivity contribution in [3.05, 3.63) is 26.8 Å². The molecule has 0 aliphatic carbocycles. The third kappa shape index (κ3) is 3.15. The molecular formula is C9H8ClIO2. The minimum atomic E-state index is -0.236. The number of ether oxygens (including phenoxy) is 1. The predicted molar refractivity (Wildman–Crippen MR) is 60.1 cm³/mol. The second kappa shape index (κ2) is 4.81. The molecule has 0 saturated carbocycles. The molecule has 0 amide bonds. The standard InChI is InChI=1S/C9H8ClIO2/c1-2-9(12)13-8-4-3-6(10)5-7(8)11/h3-5H,2H2,1H3. The number of carbonyl (C=O) groups is 1. The van der Waals surface area contributed by atoms with Gasteiger partial charge in [-0.3, -0.25) is 4.79 Å². The molecule has 0 N–H and O–H groups in total. The molecule has 0 heterocycles. The topological polar surface area (TPSA) is 26.3 Å². The average molecular weight is 311 g/mol. The Bertz CT molecular complexity index is 325. The van der Waals surface area contributed by atoms with E-state index in [-0.39, 0.29) is 5.97 Å². The molecular weight excluding hydrogens is 302 g/mol. The van der Waals surface area contributed by atoms with Crippen LogP contribution < -0.4 is 4.74 Å². The molecule has 1 rings (SSSR count). The van der Waals surface area contributed by atoms with Gasteiger partial charge in [0, 0.05) is 11.4 Å². The molecule has 0 spiro atoms. The van der Waals surface area contributed by atoms with Crippen molar-refractivity contribution in [1.82, 2.24) is 0 Å². The van der Waals surface area contributed by atoms with E-state index in [0.717, 1.165) is 3.57 Å². The van der Waals surface area contributed by atoms with Crippen molar-refractivity contribution in [2.75, 3.05) is 0 Å². The number of hydrogen-bond donors (Lipinski definition) is 0. The summed E-state index contributed by atoms with van der Waals surface area (Å²) in [6, 6.07) is 5.14. The minimum absolute atomic E-state index is 0.236. The first-order valence-electron chi connectivity index (χ1n) is 3.79. The van der Waals surface area contributed by atoms with E-state index >= 15 is 0 Å². The molecule has 0 unspecified atom stereocenters. The summed E-state index contributed by atoms with van der Waals surface area (Å²) in [5.74, 6) is 0.331. The Morgan fingerprint density at radius 1 is 1.62 bits per heavy atom. The summed E-state index contributed by atoms with van der Waals surface area (Å²) in [6.45, 7) is 1.76. The van der Waals surface area contributed by atoms with Gasteiger partial charge in [0.1, 0.15) is 5.75 Å². The lowest BCUT2D eigenvalue weighted by atomic mass is 10.3. The van der Waals surface area contributed by atoms with Gasteiger partial charge in [-0.1, -0.05) is 18.5 Å². The molecule has 0 radical (unpaired) electrons. The Hall–Kier alpha value is -0.290. The Morgan fingerprint density at radius 2 is 2.31 bits per heavy atom. The molecule has 0 aliphatic heterocycles. The molecule has 1 aromatic rings. The summed E-state index contributed by atoms with van der Waals surface area (Å²) in [7, 11) is 0. The van der Waals surface area contributed by atoms with E-state index < -0.39 is 0 Å². The maximum Gasteiger partial charge on any atom is 0.310 e. The summed E-state index contributed by atoms with van der Waals surface area (Å²) in [6.07, 6.45) is 0.374. The van der Waals surface area contributed by atoms with Gasteiger partial charge in [-0.05, 0) is 40.8 Å². The zero-order valence-corrected chi connectivity index (χ0v) is 9.93. The summed E-state index contributed by atoms with van der Waals surface area (Å²) < 4.78 is 5.88. The molecule has 0 atom stereocenters. The van der Waals surface area contributed by atoms with Gasteiger partial charge in [0.2, 0.25) is 0 Å². The largest absolute Gasteiger partial charge is 0.425 e. The fourth-order valence-corrected chi connectivity index (χ4v) is 1.73. The third-order valence-corrected chi connectivity index (χ3v) is 2.48. The zero-order chi connectivity index (χ0) is 9.84. The maximum atomic E-state index is 11.0. The first-order valence-corrected chi connectivity index (χ1v) is 5.25. The van der Waals surface area contributed by atoms with Crippen molar-refractivity contribution in [1.29, 1.82) is 0 Å². The second-order valence-corrected chi connectivity index (χ2v) is 4.00. The number of benzene rings is 1. The monoisotopic (exact) mass is 310 g/mol. The van der Waals surface area contributed by atoms with E-state index in [0.29, 0.717) is 17.2 Å². The van der Waals surface area contributed by atoms with Crippen LogP contribution in [0.25, 0.3) is 0 Å². The van der Waals surface area contributed by atoms with Crippen LogP contribution in [0, 0.1) is 3.57 Å². The van der Waals surface area contributed by atoms with Crippen molar-refractivity contribution in [2.45, 2.75) is 13.3 Å². The zero-order valence-electron chi connectivity index (χ0n) is 7.01. The van der Waals surface area contributed by atoms with Crippen LogP contribution in [-0.4, -0.2) is 5.97 Å². The van der Waals surface area contributed by atoms with E-state index in [9.17, 15) is 4.79 Å². The number of halogens is 2. The maximum absolute atomic E-state index is 11.0. The Kier molecular flexibility index (Phi) is 3.99. The third-order valence-electron chi connectivity index (χ3n) is 1.41. The van der Waals surface area contributed by atoms with Crippen molar-refractivity contribution in [2.24, 2.45) is 0 Å². The van der Waals surface area contributed by atoms with Crippen LogP contribution >= 0.6 is 34.2 Å².